The zero-order chi connectivity index (χ0) is 15.7. The Bertz CT molecular complexity index is 756. The fraction of sp³-hybridized carbons (Fsp3) is 0.400. The van der Waals surface area contributed by atoms with Gasteiger partial charge in [0.15, 0.2) is 0 Å². The third kappa shape index (κ3) is 3.15. The van der Waals surface area contributed by atoms with Gasteiger partial charge in [0.1, 0.15) is 0 Å². The number of aromatic nitrogens is 2. The minimum Gasteiger partial charge on any atom is -0.492 e. The summed E-state index contributed by atoms with van der Waals surface area (Å²) in [7, 11) is -3.26. The number of nitrogens with one attached hydrogen (secondary N) is 1. The van der Waals surface area contributed by atoms with Gasteiger partial charge in [-0.3, -0.25) is 4.68 Å². The zero-order valence-electron chi connectivity index (χ0n) is 12.3. The Morgan fingerprint density at radius 1 is 1.27 bits per heavy atom. The van der Waals surface area contributed by atoms with Gasteiger partial charge in [0.05, 0.1) is 17.9 Å². The zero-order valence-corrected chi connectivity index (χ0v) is 13.1. The second-order valence-electron chi connectivity index (χ2n) is 5.71. The van der Waals surface area contributed by atoms with Crippen LogP contribution in [-0.4, -0.2) is 35.6 Å². The van der Waals surface area contributed by atoms with Gasteiger partial charge in [0, 0.05) is 12.2 Å². The van der Waals surface area contributed by atoms with E-state index in [2.05, 4.69) is 9.82 Å². The molecule has 1 heterocycles. The van der Waals surface area contributed by atoms with Crippen LogP contribution in [0.2, 0.25) is 0 Å². The predicted octanol–water partition coefficient (Wildman–Crippen LogP) is 1.90. The lowest BCUT2D eigenvalue weighted by molar-refractivity contribution is 0.376. The topological polar surface area (TPSA) is 84.2 Å². The van der Waals surface area contributed by atoms with Crippen molar-refractivity contribution in [2.45, 2.75) is 31.3 Å². The van der Waals surface area contributed by atoms with Crippen LogP contribution in [-0.2, 0) is 10.0 Å². The average molecular weight is 321 g/mol. The molecule has 1 aliphatic rings. The molecule has 1 aromatic heterocycles. The molecule has 0 aliphatic heterocycles. The van der Waals surface area contributed by atoms with Crippen LogP contribution in [0.25, 0.3) is 11.1 Å². The summed E-state index contributed by atoms with van der Waals surface area (Å²) in [6, 6.07) is 9.26. The maximum Gasteiger partial charge on any atom is 0.238 e. The minimum absolute atomic E-state index is 0.0313. The number of aromatic hydroxyl groups is 1. The Kier molecular flexibility index (Phi) is 3.92. The monoisotopic (exact) mass is 321 g/mol. The molecule has 3 rings (SSSR count). The maximum absolute atomic E-state index is 11.5. The molecular formula is C15H19N3O3S. The molecule has 0 saturated heterocycles. The summed E-state index contributed by atoms with van der Waals surface area (Å²) in [6.45, 7) is 0. The van der Waals surface area contributed by atoms with Crippen LogP contribution in [0.1, 0.15) is 25.3 Å². The SMILES string of the molecule is CS(=O)(=O)NC1CCCC1n1cc(-c2ccccc2)c(O)n1. The lowest BCUT2D eigenvalue weighted by atomic mass is 10.1. The van der Waals surface area contributed by atoms with Crippen LogP contribution < -0.4 is 4.72 Å². The van der Waals surface area contributed by atoms with Crippen molar-refractivity contribution in [2.75, 3.05) is 6.26 Å². The lowest BCUT2D eigenvalue weighted by Gasteiger charge is -2.20. The van der Waals surface area contributed by atoms with Gasteiger partial charge >= 0.3 is 0 Å². The van der Waals surface area contributed by atoms with E-state index in [4.69, 9.17) is 0 Å². The van der Waals surface area contributed by atoms with Crippen molar-refractivity contribution in [1.82, 2.24) is 14.5 Å². The Hall–Kier alpha value is -1.86. The molecule has 2 unspecified atom stereocenters. The number of hydrogen-bond donors (Lipinski definition) is 2. The van der Waals surface area contributed by atoms with Crippen LogP contribution >= 0.6 is 0 Å². The van der Waals surface area contributed by atoms with Crippen LogP contribution in [0.5, 0.6) is 5.88 Å². The average Bonchev–Trinajstić information content (AvgIpc) is 3.04. The highest BCUT2D eigenvalue weighted by atomic mass is 32.2. The van der Waals surface area contributed by atoms with Crippen molar-refractivity contribution >= 4 is 10.0 Å². The fourth-order valence-corrected chi connectivity index (χ4v) is 3.87. The third-order valence-electron chi connectivity index (χ3n) is 3.98. The van der Waals surface area contributed by atoms with Gasteiger partial charge in [-0.25, -0.2) is 13.1 Å². The van der Waals surface area contributed by atoms with Crippen molar-refractivity contribution < 1.29 is 13.5 Å². The van der Waals surface area contributed by atoms with Crippen LogP contribution in [0.4, 0.5) is 0 Å². The molecule has 118 valence electrons. The first-order valence-electron chi connectivity index (χ1n) is 7.25. The first-order chi connectivity index (χ1) is 10.4. The maximum atomic E-state index is 11.5. The predicted molar refractivity (Wildman–Crippen MR) is 84.0 cm³/mol. The van der Waals surface area contributed by atoms with E-state index in [1.165, 1.54) is 6.26 Å². The van der Waals surface area contributed by atoms with Crippen molar-refractivity contribution in [3.05, 3.63) is 36.5 Å². The van der Waals surface area contributed by atoms with Gasteiger partial charge in [-0.05, 0) is 24.8 Å². The molecule has 0 bridgehead atoms. The molecule has 6 nitrogen and oxygen atoms in total. The van der Waals surface area contributed by atoms with Crippen molar-refractivity contribution in [1.29, 1.82) is 0 Å². The lowest BCUT2D eigenvalue weighted by Crippen LogP contribution is -2.37. The minimum atomic E-state index is -3.26. The summed E-state index contributed by atoms with van der Waals surface area (Å²) in [5.41, 5.74) is 1.54. The molecule has 1 aromatic carbocycles. The van der Waals surface area contributed by atoms with E-state index in [1.807, 2.05) is 30.3 Å². The number of rotatable bonds is 4. The smallest absolute Gasteiger partial charge is 0.238 e. The highest BCUT2D eigenvalue weighted by Crippen LogP contribution is 2.34. The van der Waals surface area contributed by atoms with Gasteiger partial charge in [-0.2, -0.15) is 0 Å². The Morgan fingerprint density at radius 2 is 2.00 bits per heavy atom. The number of benzene rings is 1. The fourth-order valence-electron chi connectivity index (χ4n) is 3.04. The largest absolute Gasteiger partial charge is 0.492 e. The summed E-state index contributed by atoms with van der Waals surface area (Å²) in [6.07, 6.45) is 5.50. The van der Waals surface area contributed by atoms with Gasteiger partial charge in [0.25, 0.3) is 0 Å². The Morgan fingerprint density at radius 3 is 2.68 bits per heavy atom. The van der Waals surface area contributed by atoms with Crippen LogP contribution in [0.15, 0.2) is 36.5 Å². The van der Waals surface area contributed by atoms with Gasteiger partial charge in [-0.15, -0.1) is 5.10 Å². The number of sulfonamides is 1. The highest BCUT2D eigenvalue weighted by Gasteiger charge is 2.32. The molecule has 2 atom stereocenters. The van der Waals surface area contributed by atoms with Gasteiger partial charge < -0.3 is 5.11 Å². The third-order valence-corrected chi connectivity index (χ3v) is 4.71. The molecule has 2 aromatic rings. The normalized spacial score (nSPS) is 22.0. The van der Waals surface area contributed by atoms with E-state index >= 15 is 0 Å². The molecule has 0 radical (unpaired) electrons. The molecule has 2 N–H and O–H groups in total. The van der Waals surface area contributed by atoms with Gasteiger partial charge in [-0.1, -0.05) is 30.3 Å². The molecule has 1 aliphatic carbocycles. The summed E-state index contributed by atoms with van der Waals surface area (Å²) in [5, 5.41) is 14.3. The van der Waals surface area contributed by atoms with Crippen molar-refractivity contribution in [3.63, 3.8) is 0 Å². The van der Waals surface area contributed by atoms with Crippen LogP contribution in [0.3, 0.4) is 0 Å². The highest BCUT2D eigenvalue weighted by molar-refractivity contribution is 7.88. The second-order valence-corrected chi connectivity index (χ2v) is 7.49. The van der Waals surface area contributed by atoms with E-state index in [0.29, 0.717) is 5.56 Å². The Balaban J connectivity index is 1.89. The molecular weight excluding hydrogens is 302 g/mol. The summed E-state index contributed by atoms with van der Waals surface area (Å²) in [5.74, 6) is -0.0313. The van der Waals surface area contributed by atoms with E-state index < -0.39 is 10.0 Å². The molecule has 22 heavy (non-hydrogen) atoms. The summed E-state index contributed by atoms with van der Waals surface area (Å²) < 4.78 is 27.3. The quantitative estimate of drug-likeness (QED) is 0.901. The number of nitrogens with zero attached hydrogens (tertiary/aromatic N) is 2. The molecule has 0 amide bonds. The standard InChI is InChI=1S/C15H19N3O3S/c1-22(20,21)17-13-8-5-9-14(13)18-10-12(15(19)16-18)11-6-3-2-4-7-11/h2-4,6-7,10,13-14,17H,5,8-9H2,1H3,(H,16,19). The van der Waals surface area contributed by atoms with E-state index in [9.17, 15) is 13.5 Å². The van der Waals surface area contributed by atoms with Crippen LogP contribution in [0, 0.1) is 0 Å². The second kappa shape index (κ2) is 5.73. The molecule has 1 saturated carbocycles. The van der Waals surface area contributed by atoms with Gasteiger partial charge in [0.2, 0.25) is 15.9 Å². The molecule has 1 fully saturated rings. The van der Waals surface area contributed by atoms with Crippen molar-refractivity contribution in [2.24, 2.45) is 0 Å². The van der Waals surface area contributed by atoms with E-state index in [0.717, 1.165) is 24.8 Å². The van der Waals surface area contributed by atoms with E-state index in [1.54, 1.807) is 10.9 Å². The van der Waals surface area contributed by atoms with E-state index in [-0.39, 0.29) is 18.0 Å². The molecule has 7 heteroatoms. The summed E-state index contributed by atoms with van der Waals surface area (Å²) in [4.78, 5) is 0. The van der Waals surface area contributed by atoms with Crippen molar-refractivity contribution in [3.8, 4) is 17.0 Å². The number of hydrogen-bond acceptors (Lipinski definition) is 4. The first-order valence-corrected chi connectivity index (χ1v) is 9.14. The first kappa shape index (κ1) is 15.1. The Labute approximate surface area is 129 Å². The summed E-state index contributed by atoms with van der Waals surface area (Å²) >= 11 is 0. The molecule has 0 spiro atoms.